The first-order chi connectivity index (χ1) is 10.2. The van der Waals surface area contributed by atoms with Gasteiger partial charge in [-0.3, -0.25) is 4.79 Å². The van der Waals surface area contributed by atoms with Crippen LogP contribution in [0.1, 0.15) is 12.1 Å². The van der Waals surface area contributed by atoms with Gasteiger partial charge in [-0.2, -0.15) is 0 Å². The largest absolute Gasteiger partial charge is 0.375 e. The van der Waals surface area contributed by atoms with Gasteiger partial charge in [0.2, 0.25) is 5.91 Å². The molecule has 2 aromatic heterocycles. The number of nitrogens with zero attached hydrogens (tertiary/aromatic N) is 3. The summed E-state index contributed by atoms with van der Waals surface area (Å²) in [6, 6.07) is 5.86. The van der Waals surface area contributed by atoms with E-state index in [1.807, 2.05) is 42.0 Å². The van der Waals surface area contributed by atoms with Crippen LogP contribution in [0.2, 0.25) is 0 Å². The van der Waals surface area contributed by atoms with E-state index in [2.05, 4.69) is 10.3 Å². The molecule has 1 saturated heterocycles. The molecule has 0 saturated carbocycles. The zero-order valence-corrected chi connectivity index (χ0v) is 12.2. The summed E-state index contributed by atoms with van der Waals surface area (Å²) in [6.07, 6.45) is 4.18. The third-order valence-electron chi connectivity index (χ3n) is 3.73. The molecule has 3 heterocycles. The lowest BCUT2D eigenvalue weighted by molar-refractivity contribution is -0.134. The first-order valence-corrected chi connectivity index (χ1v) is 7.21. The number of hydrogen-bond donors (Lipinski definition) is 1. The molecule has 0 aromatic carbocycles. The second kappa shape index (κ2) is 6.24. The lowest BCUT2D eigenvalue weighted by Crippen LogP contribution is -2.41. The van der Waals surface area contributed by atoms with Crippen LogP contribution in [0.5, 0.6) is 0 Å². The summed E-state index contributed by atoms with van der Waals surface area (Å²) in [7, 11) is 1.82. The molecular formula is C15H20N4O2. The Hall–Kier alpha value is -1.92. The summed E-state index contributed by atoms with van der Waals surface area (Å²) in [6.45, 7) is 2.83. The van der Waals surface area contributed by atoms with Gasteiger partial charge in [0.25, 0.3) is 0 Å². The number of fused-ring (bicyclic) bond motifs is 1. The van der Waals surface area contributed by atoms with Gasteiger partial charge < -0.3 is 19.4 Å². The molecule has 0 radical (unpaired) electrons. The maximum atomic E-state index is 12.3. The van der Waals surface area contributed by atoms with Crippen molar-refractivity contribution in [3.8, 4) is 0 Å². The molecule has 112 valence electrons. The summed E-state index contributed by atoms with van der Waals surface area (Å²) in [5.74, 6) is 0.0922. The molecule has 6 nitrogen and oxygen atoms in total. The highest BCUT2D eigenvalue weighted by atomic mass is 16.5. The van der Waals surface area contributed by atoms with E-state index in [1.54, 1.807) is 4.90 Å². The van der Waals surface area contributed by atoms with Crippen LogP contribution in [0.15, 0.2) is 30.6 Å². The Kier molecular flexibility index (Phi) is 4.17. The van der Waals surface area contributed by atoms with Crippen LogP contribution in [0.4, 0.5) is 0 Å². The van der Waals surface area contributed by atoms with Crippen LogP contribution in [0.3, 0.4) is 0 Å². The molecule has 0 bridgehead atoms. The Morgan fingerprint density at radius 3 is 3.29 bits per heavy atom. The van der Waals surface area contributed by atoms with Crippen molar-refractivity contribution in [1.82, 2.24) is 19.6 Å². The number of rotatable bonds is 4. The Labute approximate surface area is 123 Å². The first kappa shape index (κ1) is 14.0. The van der Waals surface area contributed by atoms with E-state index in [0.29, 0.717) is 19.6 Å². The summed E-state index contributed by atoms with van der Waals surface area (Å²) in [4.78, 5) is 18.3. The molecule has 1 aliphatic heterocycles. The third-order valence-corrected chi connectivity index (χ3v) is 3.73. The number of nitrogens with one attached hydrogen (secondary N) is 1. The van der Waals surface area contributed by atoms with Gasteiger partial charge in [-0.15, -0.1) is 0 Å². The second-order valence-corrected chi connectivity index (χ2v) is 5.33. The molecule has 1 atom stereocenters. The van der Waals surface area contributed by atoms with Crippen LogP contribution in [0.25, 0.3) is 5.65 Å². The van der Waals surface area contributed by atoms with E-state index in [-0.39, 0.29) is 12.0 Å². The first-order valence-electron chi connectivity index (χ1n) is 7.21. The fourth-order valence-electron chi connectivity index (χ4n) is 2.53. The van der Waals surface area contributed by atoms with E-state index in [0.717, 1.165) is 24.4 Å². The van der Waals surface area contributed by atoms with Gasteiger partial charge in [0.1, 0.15) is 5.65 Å². The fourth-order valence-corrected chi connectivity index (χ4v) is 2.53. The van der Waals surface area contributed by atoms with Gasteiger partial charge in [0, 0.05) is 26.3 Å². The minimum atomic E-state index is -0.0177. The van der Waals surface area contributed by atoms with E-state index in [1.165, 1.54) is 0 Å². The van der Waals surface area contributed by atoms with Gasteiger partial charge in [0.15, 0.2) is 0 Å². The molecule has 1 N–H and O–H groups in total. The summed E-state index contributed by atoms with van der Waals surface area (Å²) in [5, 5.41) is 3.24. The molecule has 3 rings (SSSR count). The maximum Gasteiger partial charge on any atom is 0.225 e. The third kappa shape index (κ3) is 3.22. The quantitative estimate of drug-likeness (QED) is 0.898. The van der Waals surface area contributed by atoms with Crippen LogP contribution >= 0.6 is 0 Å². The monoisotopic (exact) mass is 288 g/mol. The van der Waals surface area contributed by atoms with Crippen molar-refractivity contribution in [2.45, 2.75) is 19.1 Å². The van der Waals surface area contributed by atoms with Crippen molar-refractivity contribution < 1.29 is 9.53 Å². The van der Waals surface area contributed by atoms with Crippen molar-refractivity contribution in [2.24, 2.45) is 0 Å². The topological polar surface area (TPSA) is 58.9 Å². The van der Waals surface area contributed by atoms with Crippen molar-refractivity contribution in [3.05, 3.63) is 36.3 Å². The van der Waals surface area contributed by atoms with Gasteiger partial charge in [-0.25, -0.2) is 4.98 Å². The van der Waals surface area contributed by atoms with Crippen LogP contribution in [-0.4, -0.2) is 53.0 Å². The minimum absolute atomic E-state index is 0.0177. The SMILES string of the molecule is CN(Cc1cnc2ccccn12)C(=O)C[C@@H]1CNCCO1. The highest BCUT2D eigenvalue weighted by Crippen LogP contribution is 2.10. The fraction of sp³-hybridized carbons (Fsp3) is 0.467. The number of carbonyl (C=O) groups is 1. The number of pyridine rings is 1. The molecule has 21 heavy (non-hydrogen) atoms. The Morgan fingerprint density at radius 2 is 2.48 bits per heavy atom. The zero-order chi connectivity index (χ0) is 14.7. The van der Waals surface area contributed by atoms with Crippen molar-refractivity contribution >= 4 is 11.6 Å². The number of morpholine rings is 1. The molecule has 2 aromatic rings. The predicted octanol–water partition coefficient (Wildman–Crippen LogP) is 0.671. The maximum absolute atomic E-state index is 12.3. The van der Waals surface area contributed by atoms with E-state index in [9.17, 15) is 4.79 Å². The lowest BCUT2D eigenvalue weighted by atomic mass is 10.2. The molecule has 6 heteroatoms. The summed E-state index contributed by atoms with van der Waals surface area (Å²) < 4.78 is 7.58. The molecule has 1 fully saturated rings. The number of amides is 1. The highest BCUT2D eigenvalue weighted by Gasteiger charge is 2.20. The number of imidazole rings is 1. The number of aromatic nitrogens is 2. The number of hydrogen-bond acceptors (Lipinski definition) is 4. The van der Waals surface area contributed by atoms with Crippen LogP contribution < -0.4 is 5.32 Å². The number of ether oxygens (including phenoxy) is 1. The smallest absolute Gasteiger partial charge is 0.225 e. The summed E-state index contributed by atoms with van der Waals surface area (Å²) >= 11 is 0. The molecule has 0 aliphatic carbocycles. The van der Waals surface area contributed by atoms with Crippen molar-refractivity contribution in [2.75, 3.05) is 26.7 Å². The highest BCUT2D eigenvalue weighted by molar-refractivity contribution is 5.76. The van der Waals surface area contributed by atoms with Gasteiger partial charge in [-0.1, -0.05) is 6.07 Å². The average Bonchev–Trinajstić information content (AvgIpc) is 2.91. The molecule has 0 spiro atoms. The molecule has 1 amide bonds. The van der Waals surface area contributed by atoms with Gasteiger partial charge in [-0.05, 0) is 12.1 Å². The minimum Gasteiger partial charge on any atom is -0.375 e. The van der Waals surface area contributed by atoms with Gasteiger partial charge in [0.05, 0.1) is 37.6 Å². The van der Waals surface area contributed by atoms with Crippen LogP contribution in [0, 0.1) is 0 Å². The van der Waals surface area contributed by atoms with E-state index in [4.69, 9.17) is 4.74 Å². The van der Waals surface area contributed by atoms with E-state index >= 15 is 0 Å². The normalized spacial score (nSPS) is 18.8. The molecule has 1 aliphatic rings. The van der Waals surface area contributed by atoms with Gasteiger partial charge >= 0.3 is 0 Å². The Morgan fingerprint density at radius 1 is 1.57 bits per heavy atom. The molecule has 0 unspecified atom stereocenters. The Bertz CT molecular complexity index is 619. The average molecular weight is 288 g/mol. The molecular weight excluding hydrogens is 268 g/mol. The van der Waals surface area contributed by atoms with Crippen LogP contribution in [-0.2, 0) is 16.1 Å². The second-order valence-electron chi connectivity index (χ2n) is 5.33. The van der Waals surface area contributed by atoms with Crippen molar-refractivity contribution in [1.29, 1.82) is 0 Å². The number of carbonyl (C=O) groups excluding carboxylic acids is 1. The summed E-state index contributed by atoms with van der Waals surface area (Å²) in [5.41, 5.74) is 1.90. The van der Waals surface area contributed by atoms with E-state index < -0.39 is 0 Å². The standard InChI is InChI=1S/C15H20N4O2/c1-18(15(20)8-13-10-16-5-7-21-13)11-12-9-17-14-4-2-3-6-19(12)14/h2-4,6,9,13,16H,5,7-8,10-11H2,1H3/t13-/m1/s1. The zero-order valence-electron chi connectivity index (χ0n) is 12.2. The lowest BCUT2D eigenvalue weighted by Gasteiger charge is -2.25. The Balaban J connectivity index is 1.62. The predicted molar refractivity (Wildman–Crippen MR) is 78.9 cm³/mol. The van der Waals surface area contributed by atoms with Crippen molar-refractivity contribution in [3.63, 3.8) is 0 Å².